The van der Waals surface area contributed by atoms with Crippen LogP contribution < -0.4 is 15.8 Å². The molecule has 0 radical (unpaired) electrons. The Morgan fingerprint density at radius 1 is 1.35 bits per heavy atom. The SMILES string of the molecule is CCCC(N)C(=O)Nc1ccc(C)cc1OCCN(C)C.Cl.Cl. The fourth-order valence-corrected chi connectivity index (χ4v) is 1.86. The lowest BCUT2D eigenvalue weighted by molar-refractivity contribution is -0.117. The summed E-state index contributed by atoms with van der Waals surface area (Å²) in [5.74, 6) is 0.520. The number of hydrogen-bond donors (Lipinski definition) is 2. The van der Waals surface area contributed by atoms with E-state index in [0.717, 1.165) is 18.5 Å². The average Bonchev–Trinajstić information content (AvgIpc) is 2.41. The van der Waals surface area contributed by atoms with Gasteiger partial charge in [0, 0.05) is 6.54 Å². The van der Waals surface area contributed by atoms with Crippen LogP contribution in [-0.4, -0.2) is 44.1 Å². The van der Waals surface area contributed by atoms with Crippen molar-refractivity contribution in [2.45, 2.75) is 32.7 Å². The smallest absolute Gasteiger partial charge is 0.241 e. The third-order valence-corrected chi connectivity index (χ3v) is 3.13. The Morgan fingerprint density at radius 2 is 2.00 bits per heavy atom. The van der Waals surface area contributed by atoms with E-state index in [1.807, 2.05) is 51.0 Å². The highest BCUT2D eigenvalue weighted by Crippen LogP contribution is 2.26. The molecule has 0 saturated carbocycles. The van der Waals surface area contributed by atoms with Crippen molar-refractivity contribution >= 4 is 36.4 Å². The number of halogens is 2. The van der Waals surface area contributed by atoms with Crippen LogP contribution in [0, 0.1) is 6.92 Å². The van der Waals surface area contributed by atoms with Crippen molar-refractivity contribution in [3.8, 4) is 5.75 Å². The van der Waals surface area contributed by atoms with Gasteiger partial charge in [-0.1, -0.05) is 19.4 Å². The summed E-state index contributed by atoms with van der Waals surface area (Å²) in [6, 6.07) is 5.25. The van der Waals surface area contributed by atoms with Crippen LogP contribution in [0.15, 0.2) is 18.2 Å². The summed E-state index contributed by atoms with van der Waals surface area (Å²) in [5.41, 5.74) is 7.60. The van der Waals surface area contributed by atoms with E-state index in [1.165, 1.54) is 0 Å². The van der Waals surface area contributed by atoms with Crippen molar-refractivity contribution in [1.82, 2.24) is 4.90 Å². The molecule has 1 amide bonds. The molecule has 1 rings (SSSR count). The summed E-state index contributed by atoms with van der Waals surface area (Å²) in [4.78, 5) is 14.1. The van der Waals surface area contributed by atoms with Crippen LogP contribution in [0.1, 0.15) is 25.3 Å². The standard InChI is InChI=1S/C16H27N3O2.2ClH/c1-5-6-13(17)16(20)18-14-8-7-12(2)11-15(14)21-10-9-19(3)4;;/h7-8,11,13H,5-6,9-10,17H2,1-4H3,(H,18,20);2*1H. The van der Waals surface area contributed by atoms with E-state index in [1.54, 1.807) is 0 Å². The van der Waals surface area contributed by atoms with Gasteiger partial charge in [-0.3, -0.25) is 4.79 Å². The van der Waals surface area contributed by atoms with Crippen LogP contribution in [0.5, 0.6) is 5.75 Å². The second-order valence-electron chi connectivity index (χ2n) is 5.54. The molecule has 0 aliphatic carbocycles. The first kappa shape index (κ1) is 24.2. The third-order valence-electron chi connectivity index (χ3n) is 3.13. The number of benzene rings is 1. The molecule has 1 atom stereocenters. The zero-order chi connectivity index (χ0) is 15.8. The Kier molecular flexibility index (Phi) is 13.1. The van der Waals surface area contributed by atoms with Crippen LogP contribution in [-0.2, 0) is 4.79 Å². The predicted octanol–water partition coefficient (Wildman–Crippen LogP) is 2.84. The molecule has 1 unspecified atom stereocenters. The second kappa shape index (κ2) is 12.4. The van der Waals surface area contributed by atoms with Gasteiger partial charge in [0.1, 0.15) is 12.4 Å². The number of anilines is 1. The fourth-order valence-electron chi connectivity index (χ4n) is 1.86. The molecular weight excluding hydrogens is 337 g/mol. The zero-order valence-corrected chi connectivity index (χ0v) is 15.9. The number of aryl methyl sites for hydroxylation is 1. The van der Waals surface area contributed by atoms with Crippen molar-refractivity contribution in [3.63, 3.8) is 0 Å². The van der Waals surface area contributed by atoms with E-state index in [2.05, 4.69) is 5.32 Å². The van der Waals surface area contributed by atoms with Crippen LogP contribution in [0.4, 0.5) is 5.69 Å². The van der Waals surface area contributed by atoms with Gasteiger partial charge in [-0.15, -0.1) is 24.8 Å². The molecule has 3 N–H and O–H groups in total. The third kappa shape index (κ3) is 9.01. The Hall–Kier alpha value is -1.01. The van der Waals surface area contributed by atoms with E-state index >= 15 is 0 Å². The largest absolute Gasteiger partial charge is 0.490 e. The first-order valence-corrected chi connectivity index (χ1v) is 7.38. The number of ether oxygens (including phenoxy) is 1. The fraction of sp³-hybridized carbons (Fsp3) is 0.562. The molecule has 0 fully saturated rings. The van der Waals surface area contributed by atoms with E-state index in [0.29, 0.717) is 24.5 Å². The molecule has 0 aromatic heterocycles. The van der Waals surface area contributed by atoms with Gasteiger partial charge >= 0.3 is 0 Å². The van der Waals surface area contributed by atoms with Gasteiger partial charge in [0.15, 0.2) is 0 Å². The number of nitrogens with one attached hydrogen (secondary N) is 1. The first-order chi connectivity index (χ1) is 9.93. The molecule has 0 aliphatic heterocycles. The minimum atomic E-state index is -0.481. The number of nitrogens with zero attached hydrogens (tertiary/aromatic N) is 1. The molecule has 134 valence electrons. The van der Waals surface area contributed by atoms with Crippen LogP contribution >= 0.6 is 24.8 Å². The predicted molar refractivity (Wildman–Crippen MR) is 101 cm³/mol. The lowest BCUT2D eigenvalue weighted by Gasteiger charge is -2.17. The van der Waals surface area contributed by atoms with Gasteiger partial charge < -0.3 is 20.7 Å². The summed E-state index contributed by atoms with van der Waals surface area (Å²) in [5, 5.41) is 2.86. The quantitative estimate of drug-likeness (QED) is 0.743. The van der Waals surface area contributed by atoms with Gasteiger partial charge in [0.2, 0.25) is 5.91 Å². The summed E-state index contributed by atoms with van der Waals surface area (Å²) in [7, 11) is 3.98. The molecule has 0 heterocycles. The number of carbonyl (C=O) groups is 1. The molecule has 0 aliphatic rings. The van der Waals surface area contributed by atoms with Crippen LogP contribution in [0.2, 0.25) is 0 Å². The summed E-state index contributed by atoms with van der Waals surface area (Å²) >= 11 is 0. The Labute approximate surface area is 151 Å². The van der Waals surface area contributed by atoms with E-state index < -0.39 is 6.04 Å². The lowest BCUT2D eigenvalue weighted by atomic mass is 10.1. The van der Waals surface area contributed by atoms with Gasteiger partial charge in [0.25, 0.3) is 0 Å². The highest BCUT2D eigenvalue weighted by atomic mass is 35.5. The van der Waals surface area contributed by atoms with Gasteiger partial charge in [-0.25, -0.2) is 0 Å². The average molecular weight is 366 g/mol. The molecule has 7 heteroatoms. The maximum atomic E-state index is 12.0. The normalized spacial score (nSPS) is 11.2. The Balaban J connectivity index is 0. The van der Waals surface area contributed by atoms with Crippen molar-refractivity contribution in [2.24, 2.45) is 5.73 Å². The maximum absolute atomic E-state index is 12.0. The Bertz CT molecular complexity index is 471. The molecule has 0 bridgehead atoms. The Morgan fingerprint density at radius 3 is 2.57 bits per heavy atom. The van der Waals surface area contributed by atoms with E-state index in [-0.39, 0.29) is 30.7 Å². The number of hydrogen-bond acceptors (Lipinski definition) is 4. The summed E-state index contributed by atoms with van der Waals surface area (Å²) < 4.78 is 5.77. The number of likely N-dealkylation sites (N-methyl/N-ethyl adjacent to an activating group) is 1. The number of carbonyl (C=O) groups excluding carboxylic acids is 1. The van der Waals surface area contributed by atoms with Gasteiger partial charge in [-0.05, 0) is 45.1 Å². The molecule has 1 aromatic rings. The molecule has 23 heavy (non-hydrogen) atoms. The highest BCUT2D eigenvalue weighted by Gasteiger charge is 2.14. The molecule has 0 saturated heterocycles. The van der Waals surface area contributed by atoms with Crippen molar-refractivity contribution in [2.75, 3.05) is 32.6 Å². The minimum absolute atomic E-state index is 0. The number of rotatable bonds is 8. The van der Waals surface area contributed by atoms with Crippen molar-refractivity contribution in [1.29, 1.82) is 0 Å². The molecule has 0 spiro atoms. The second-order valence-corrected chi connectivity index (χ2v) is 5.54. The van der Waals surface area contributed by atoms with E-state index in [4.69, 9.17) is 10.5 Å². The maximum Gasteiger partial charge on any atom is 0.241 e. The molecule has 5 nitrogen and oxygen atoms in total. The zero-order valence-electron chi connectivity index (χ0n) is 14.3. The van der Waals surface area contributed by atoms with Gasteiger partial charge in [0.05, 0.1) is 11.7 Å². The number of amides is 1. The molecule has 1 aromatic carbocycles. The lowest BCUT2D eigenvalue weighted by Crippen LogP contribution is -2.35. The van der Waals surface area contributed by atoms with Gasteiger partial charge in [-0.2, -0.15) is 0 Å². The first-order valence-electron chi connectivity index (χ1n) is 7.38. The number of nitrogens with two attached hydrogens (primary N) is 1. The summed E-state index contributed by atoms with van der Waals surface area (Å²) in [6.07, 6.45) is 1.56. The summed E-state index contributed by atoms with van der Waals surface area (Å²) in [6.45, 7) is 5.39. The highest BCUT2D eigenvalue weighted by molar-refractivity contribution is 5.95. The topological polar surface area (TPSA) is 67.6 Å². The van der Waals surface area contributed by atoms with Crippen molar-refractivity contribution in [3.05, 3.63) is 23.8 Å². The van der Waals surface area contributed by atoms with Crippen LogP contribution in [0.25, 0.3) is 0 Å². The van der Waals surface area contributed by atoms with E-state index in [9.17, 15) is 4.79 Å². The van der Waals surface area contributed by atoms with Crippen molar-refractivity contribution < 1.29 is 9.53 Å². The van der Waals surface area contributed by atoms with Crippen LogP contribution in [0.3, 0.4) is 0 Å². The monoisotopic (exact) mass is 365 g/mol. The minimum Gasteiger partial charge on any atom is -0.490 e. The molecular formula is C16H29Cl2N3O2.